The SMILES string of the molecule is O=C(NCCc1ncno1)c1cnc(Cl)cn1. The van der Waals surface area contributed by atoms with Gasteiger partial charge in [-0.25, -0.2) is 9.97 Å². The Hall–Kier alpha value is -2.02. The molecule has 0 saturated carbocycles. The molecule has 0 aliphatic carbocycles. The van der Waals surface area contributed by atoms with E-state index in [4.69, 9.17) is 16.1 Å². The van der Waals surface area contributed by atoms with Gasteiger partial charge in [0.25, 0.3) is 5.91 Å². The topological polar surface area (TPSA) is 93.8 Å². The molecule has 0 aliphatic rings. The Bertz CT molecular complexity index is 485. The summed E-state index contributed by atoms with van der Waals surface area (Å²) >= 11 is 5.56. The van der Waals surface area contributed by atoms with E-state index in [1.807, 2.05) is 0 Å². The van der Waals surface area contributed by atoms with Crippen LogP contribution in [0.5, 0.6) is 0 Å². The summed E-state index contributed by atoms with van der Waals surface area (Å²) in [6.07, 6.45) is 4.40. The van der Waals surface area contributed by atoms with Gasteiger partial charge in [0.2, 0.25) is 5.89 Å². The molecule has 0 radical (unpaired) electrons. The number of amides is 1. The van der Waals surface area contributed by atoms with Crippen molar-refractivity contribution in [1.82, 2.24) is 25.4 Å². The Morgan fingerprint density at radius 3 is 2.88 bits per heavy atom. The van der Waals surface area contributed by atoms with Crippen LogP contribution in [0.15, 0.2) is 23.2 Å². The standard InChI is InChI=1S/C9H8ClN5O2/c10-7-4-12-6(3-13-7)9(16)11-2-1-8-14-5-15-17-8/h3-5H,1-2H2,(H,11,16). The zero-order chi connectivity index (χ0) is 12.1. The molecule has 17 heavy (non-hydrogen) atoms. The van der Waals surface area contributed by atoms with E-state index in [0.717, 1.165) is 0 Å². The normalized spacial score (nSPS) is 10.2. The van der Waals surface area contributed by atoms with Gasteiger partial charge in [-0.05, 0) is 0 Å². The fourth-order valence-corrected chi connectivity index (χ4v) is 1.21. The second-order valence-corrected chi connectivity index (χ2v) is 3.45. The van der Waals surface area contributed by atoms with Crippen LogP contribution in [-0.4, -0.2) is 32.6 Å². The Morgan fingerprint density at radius 2 is 2.24 bits per heavy atom. The molecule has 1 amide bonds. The summed E-state index contributed by atoms with van der Waals surface area (Å²) in [6, 6.07) is 0. The van der Waals surface area contributed by atoms with Crippen molar-refractivity contribution in [3.8, 4) is 0 Å². The van der Waals surface area contributed by atoms with Crippen LogP contribution in [0.3, 0.4) is 0 Å². The van der Waals surface area contributed by atoms with Crippen molar-refractivity contribution in [3.05, 3.63) is 35.5 Å². The molecule has 0 saturated heterocycles. The van der Waals surface area contributed by atoms with Crippen LogP contribution in [0.2, 0.25) is 5.15 Å². The monoisotopic (exact) mass is 253 g/mol. The minimum Gasteiger partial charge on any atom is -0.350 e. The average Bonchev–Trinajstić information content (AvgIpc) is 2.83. The summed E-state index contributed by atoms with van der Waals surface area (Å²) in [5.41, 5.74) is 0.208. The van der Waals surface area contributed by atoms with Crippen molar-refractivity contribution in [2.45, 2.75) is 6.42 Å². The molecule has 2 heterocycles. The van der Waals surface area contributed by atoms with E-state index in [0.29, 0.717) is 18.9 Å². The lowest BCUT2D eigenvalue weighted by molar-refractivity contribution is 0.0948. The molecule has 0 fully saturated rings. The van der Waals surface area contributed by atoms with Crippen molar-refractivity contribution in [3.63, 3.8) is 0 Å². The Kier molecular flexibility index (Phi) is 3.61. The molecular weight excluding hydrogens is 246 g/mol. The number of halogens is 1. The maximum Gasteiger partial charge on any atom is 0.271 e. The first kappa shape index (κ1) is 11.5. The molecule has 88 valence electrons. The molecule has 2 aromatic rings. The van der Waals surface area contributed by atoms with E-state index in [1.54, 1.807) is 0 Å². The highest BCUT2D eigenvalue weighted by Gasteiger charge is 2.07. The molecule has 2 rings (SSSR count). The number of carbonyl (C=O) groups is 1. The van der Waals surface area contributed by atoms with Crippen molar-refractivity contribution < 1.29 is 9.32 Å². The molecule has 0 unspecified atom stereocenters. The van der Waals surface area contributed by atoms with Crippen LogP contribution >= 0.6 is 11.6 Å². The minimum absolute atomic E-state index is 0.208. The molecule has 0 aliphatic heterocycles. The molecule has 0 aromatic carbocycles. The number of hydrogen-bond donors (Lipinski definition) is 1. The van der Waals surface area contributed by atoms with Gasteiger partial charge in [0.1, 0.15) is 10.8 Å². The van der Waals surface area contributed by atoms with E-state index in [1.165, 1.54) is 18.7 Å². The van der Waals surface area contributed by atoms with Crippen LogP contribution in [0.1, 0.15) is 16.4 Å². The summed E-state index contributed by atoms with van der Waals surface area (Å²) in [4.78, 5) is 23.0. The van der Waals surface area contributed by atoms with Crippen LogP contribution in [0.25, 0.3) is 0 Å². The van der Waals surface area contributed by atoms with Crippen molar-refractivity contribution in [1.29, 1.82) is 0 Å². The highest BCUT2D eigenvalue weighted by atomic mass is 35.5. The minimum atomic E-state index is -0.325. The van der Waals surface area contributed by atoms with Gasteiger partial charge in [0.15, 0.2) is 6.33 Å². The van der Waals surface area contributed by atoms with E-state index in [-0.39, 0.29) is 16.8 Å². The third kappa shape index (κ3) is 3.22. The predicted octanol–water partition coefficient (Wildman–Crippen LogP) is 0.485. The third-order valence-corrected chi connectivity index (χ3v) is 2.08. The average molecular weight is 254 g/mol. The van der Waals surface area contributed by atoms with Gasteiger partial charge < -0.3 is 9.84 Å². The molecule has 0 spiro atoms. The zero-order valence-corrected chi connectivity index (χ0v) is 9.39. The summed E-state index contributed by atoms with van der Waals surface area (Å²) in [6.45, 7) is 0.380. The van der Waals surface area contributed by atoms with Gasteiger partial charge in [-0.3, -0.25) is 4.79 Å². The fourth-order valence-electron chi connectivity index (χ4n) is 1.11. The first-order valence-corrected chi connectivity index (χ1v) is 5.15. The Labute approximate surface area is 101 Å². The highest BCUT2D eigenvalue weighted by molar-refractivity contribution is 6.29. The van der Waals surface area contributed by atoms with Crippen LogP contribution < -0.4 is 5.32 Å². The van der Waals surface area contributed by atoms with Crippen LogP contribution in [0, 0.1) is 0 Å². The number of carbonyl (C=O) groups excluding carboxylic acids is 1. The lowest BCUT2D eigenvalue weighted by atomic mass is 10.4. The largest absolute Gasteiger partial charge is 0.350 e. The van der Waals surface area contributed by atoms with Gasteiger partial charge in [-0.2, -0.15) is 4.98 Å². The lowest BCUT2D eigenvalue weighted by Crippen LogP contribution is -2.26. The Balaban J connectivity index is 1.83. The number of aromatic nitrogens is 4. The van der Waals surface area contributed by atoms with Gasteiger partial charge in [0.05, 0.1) is 12.4 Å². The zero-order valence-electron chi connectivity index (χ0n) is 8.63. The van der Waals surface area contributed by atoms with Crippen molar-refractivity contribution >= 4 is 17.5 Å². The summed E-state index contributed by atoms with van der Waals surface area (Å²) < 4.78 is 4.78. The van der Waals surface area contributed by atoms with E-state index >= 15 is 0 Å². The number of nitrogens with zero attached hydrogens (tertiary/aromatic N) is 4. The van der Waals surface area contributed by atoms with Gasteiger partial charge in [-0.15, -0.1) is 0 Å². The highest BCUT2D eigenvalue weighted by Crippen LogP contribution is 2.01. The number of rotatable bonds is 4. The maximum atomic E-state index is 11.6. The lowest BCUT2D eigenvalue weighted by Gasteiger charge is -2.01. The smallest absolute Gasteiger partial charge is 0.271 e. The molecule has 0 bridgehead atoms. The maximum absolute atomic E-state index is 11.6. The van der Waals surface area contributed by atoms with E-state index in [9.17, 15) is 4.79 Å². The summed E-state index contributed by atoms with van der Waals surface area (Å²) in [7, 11) is 0. The second kappa shape index (κ2) is 5.35. The number of nitrogens with one attached hydrogen (secondary N) is 1. The van der Waals surface area contributed by atoms with Crippen LogP contribution in [-0.2, 0) is 6.42 Å². The molecule has 2 aromatic heterocycles. The summed E-state index contributed by atoms with van der Waals surface area (Å²) in [5, 5.41) is 6.34. The summed E-state index contributed by atoms with van der Waals surface area (Å²) in [5.74, 6) is 0.140. The Morgan fingerprint density at radius 1 is 1.35 bits per heavy atom. The fraction of sp³-hybridized carbons (Fsp3) is 0.222. The first-order valence-electron chi connectivity index (χ1n) is 4.77. The molecular formula is C9H8ClN5O2. The molecule has 0 atom stereocenters. The van der Waals surface area contributed by atoms with Crippen molar-refractivity contribution in [2.75, 3.05) is 6.54 Å². The molecule has 1 N–H and O–H groups in total. The quantitative estimate of drug-likeness (QED) is 0.852. The van der Waals surface area contributed by atoms with Crippen LogP contribution in [0.4, 0.5) is 0 Å². The molecule has 8 heteroatoms. The van der Waals surface area contributed by atoms with E-state index in [2.05, 4.69) is 25.4 Å². The van der Waals surface area contributed by atoms with Gasteiger partial charge in [-0.1, -0.05) is 16.8 Å². The predicted molar refractivity (Wildman–Crippen MR) is 57.4 cm³/mol. The van der Waals surface area contributed by atoms with Gasteiger partial charge >= 0.3 is 0 Å². The number of hydrogen-bond acceptors (Lipinski definition) is 6. The second-order valence-electron chi connectivity index (χ2n) is 3.07. The third-order valence-electron chi connectivity index (χ3n) is 1.88. The first-order chi connectivity index (χ1) is 8.25. The van der Waals surface area contributed by atoms with Gasteiger partial charge in [0, 0.05) is 13.0 Å². The van der Waals surface area contributed by atoms with Crippen molar-refractivity contribution in [2.24, 2.45) is 0 Å². The molecule has 7 nitrogen and oxygen atoms in total. The van der Waals surface area contributed by atoms with E-state index < -0.39 is 0 Å².